The molecule has 0 saturated heterocycles. The van der Waals surface area contributed by atoms with E-state index in [1.54, 1.807) is 6.07 Å². The summed E-state index contributed by atoms with van der Waals surface area (Å²) in [4.78, 5) is 11.6. The average molecular weight is 270 g/mol. The second-order valence-electron chi connectivity index (χ2n) is 5.43. The molecule has 3 rings (SSSR count). The minimum absolute atomic E-state index is 0.279. The first-order chi connectivity index (χ1) is 9.75. The van der Waals surface area contributed by atoms with Gasteiger partial charge in [-0.3, -0.25) is 0 Å². The number of aromatic carboxylic acids is 1. The molecule has 2 aromatic carbocycles. The zero-order chi connectivity index (χ0) is 13.9. The fourth-order valence-corrected chi connectivity index (χ4v) is 2.98. The van der Waals surface area contributed by atoms with Crippen molar-refractivity contribution in [1.29, 1.82) is 0 Å². The zero-order valence-electron chi connectivity index (χ0n) is 11.3. The molecule has 2 aromatic rings. The van der Waals surface area contributed by atoms with Crippen molar-refractivity contribution in [3.05, 3.63) is 42.0 Å². The van der Waals surface area contributed by atoms with Gasteiger partial charge in [0.1, 0.15) is 11.3 Å². The van der Waals surface area contributed by atoms with Crippen LogP contribution in [0.3, 0.4) is 0 Å². The second kappa shape index (κ2) is 5.53. The Balaban J connectivity index is 1.92. The molecule has 0 radical (unpaired) electrons. The molecule has 20 heavy (non-hydrogen) atoms. The molecular formula is C17H18O3. The van der Waals surface area contributed by atoms with Gasteiger partial charge in [-0.2, -0.15) is 0 Å². The topological polar surface area (TPSA) is 46.5 Å². The predicted octanol–water partition coefficient (Wildman–Crippen LogP) is 4.11. The number of rotatable bonds is 4. The standard InChI is InChI=1S/C17H18O3/c18-17(19)16-14-8-4-3-7-13(14)9-10-15(16)20-11-12-5-1-2-6-12/h3-4,7-10,12H,1-2,5-6,11H2,(H,18,19). The van der Waals surface area contributed by atoms with E-state index < -0.39 is 5.97 Å². The van der Waals surface area contributed by atoms with Gasteiger partial charge in [0.05, 0.1) is 6.61 Å². The lowest BCUT2D eigenvalue weighted by atomic mass is 10.0. The maximum atomic E-state index is 11.6. The van der Waals surface area contributed by atoms with Crippen molar-refractivity contribution >= 4 is 16.7 Å². The molecule has 0 atom stereocenters. The van der Waals surface area contributed by atoms with Crippen LogP contribution in [0.4, 0.5) is 0 Å². The third kappa shape index (κ3) is 2.48. The first-order valence-electron chi connectivity index (χ1n) is 7.13. The van der Waals surface area contributed by atoms with Crippen LogP contribution in [-0.4, -0.2) is 17.7 Å². The Morgan fingerprint density at radius 1 is 1.15 bits per heavy atom. The quantitative estimate of drug-likeness (QED) is 0.909. The molecular weight excluding hydrogens is 252 g/mol. The van der Waals surface area contributed by atoms with E-state index in [1.807, 2.05) is 30.3 Å². The van der Waals surface area contributed by atoms with Crippen molar-refractivity contribution in [3.63, 3.8) is 0 Å². The molecule has 1 saturated carbocycles. The van der Waals surface area contributed by atoms with Crippen molar-refractivity contribution in [2.45, 2.75) is 25.7 Å². The Labute approximate surface area is 118 Å². The van der Waals surface area contributed by atoms with E-state index in [9.17, 15) is 9.90 Å². The number of hydrogen-bond acceptors (Lipinski definition) is 2. The van der Waals surface area contributed by atoms with Crippen molar-refractivity contribution in [3.8, 4) is 5.75 Å². The fraction of sp³-hybridized carbons (Fsp3) is 0.353. The van der Waals surface area contributed by atoms with Crippen LogP contribution in [0.25, 0.3) is 10.8 Å². The molecule has 3 nitrogen and oxygen atoms in total. The molecule has 0 unspecified atom stereocenters. The highest BCUT2D eigenvalue weighted by Gasteiger charge is 2.19. The normalized spacial score (nSPS) is 15.6. The lowest BCUT2D eigenvalue weighted by Crippen LogP contribution is -2.11. The predicted molar refractivity (Wildman–Crippen MR) is 78.4 cm³/mol. The van der Waals surface area contributed by atoms with E-state index in [0.29, 0.717) is 18.3 Å². The molecule has 0 amide bonds. The average Bonchev–Trinajstić information content (AvgIpc) is 2.97. The molecule has 1 N–H and O–H groups in total. The smallest absolute Gasteiger partial charge is 0.340 e. The van der Waals surface area contributed by atoms with Crippen LogP contribution in [0, 0.1) is 5.92 Å². The molecule has 104 valence electrons. The van der Waals surface area contributed by atoms with Gasteiger partial charge >= 0.3 is 5.97 Å². The van der Waals surface area contributed by atoms with E-state index in [2.05, 4.69) is 0 Å². The van der Waals surface area contributed by atoms with Crippen LogP contribution >= 0.6 is 0 Å². The minimum Gasteiger partial charge on any atom is -0.492 e. The summed E-state index contributed by atoms with van der Waals surface area (Å²) in [5, 5.41) is 11.1. The summed E-state index contributed by atoms with van der Waals surface area (Å²) in [6, 6.07) is 11.2. The Morgan fingerprint density at radius 2 is 1.90 bits per heavy atom. The summed E-state index contributed by atoms with van der Waals surface area (Å²) in [6.45, 7) is 0.624. The van der Waals surface area contributed by atoms with Crippen molar-refractivity contribution < 1.29 is 14.6 Å². The number of carboxylic acids is 1. The third-order valence-electron chi connectivity index (χ3n) is 4.05. The van der Waals surface area contributed by atoms with Gasteiger partial charge in [-0.15, -0.1) is 0 Å². The molecule has 0 aliphatic heterocycles. The summed E-state index contributed by atoms with van der Waals surface area (Å²) >= 11 is 0. The van der Waals surface area contributed by atoms with Gasteiger partial charge < -0.3 is 9.84 Å². The summed E-state index contributed by atoms with van der Waals surface area (Å²) in [7, 11) is 0. The number of fused-ring (bicyclic) bond motifs is 1. The van der Waals surface area contributed by atoms with Crippen LogP contribution in [0.5, 0.6) is 5.75 Å². The maximum Gasteiger partial charge on any atom is 0.340 e. The summed E-state index contributed by atoms with van der Waals surface area (Å²) in [5.41, 5.74) is 0.279. The van der Waals surface area contributed by atoms with E-state index in [1.165, 1.54) is 25.7 Å². The number of benzene rings is 2. The fourth-order valence-electron chi connectivity index (χ4n) is 2.98. The molecule has 1 fully saturated rings. The van der Waals surface area contributed by atoms with Gasteiger partial charge in [-0.05, 0) is 35.6 Å². The Morgan fingerprint density at radius 3 is 2.65 bits per heavy atom. The second-order valence-corrected chi connectivity index (χ2v) is 5.43. The summed E-state index contributed by atoms with van der Waals surface area (Å²) < 4.78 is 5.81. The van der Waals surface area contributed by atoms with E-state index in [-0.39, 0.29) is 5.56 Å². The number of ether oxygens (including phenoxy) is 1. The highest BCUT2D eigenvalue weighted by atomic mass is 16.5. The molecule has 0 heterocycles. The van der Waals surface area contributed by atoms with Crippen molar-refractivity contribution in [1.82, 2.24) is 0 Å². The van der Waals surface area contributed by atoms with Gasteiger partial charge in [0.25, 0.3) is 0 Å². The van der Waals surface area contributed by atoms with E-state index in [4.69, 9.17) is 4.74 Å². The van der Waals surface area contributed by atoms with E-state index >= 15 is 0 Å². The zero-order valence-corrected chi connectivity index (χ0v) is 11.3. The third-order valence-corrected chi connectivity index (χ3v) is 4.05. The van der Waals surface area contributed by atoms with Gasteiger partial charge in [0, 0.05) is 0 Å². The highest BCUT2D eigenvalue weighted by molar-refractivity contribution is 6.06. The largest absolute Gasteiger partial charge is 0.492 e. The van der Waals surface area contributed by atoms with Gasteiger partial charge in [0.2, 0.25) is 0 Å². The number of carboxylic acid groups (broad SMARTS) is 1. The molecule has 3 heteroatoms. The molecule has 0 bridgehead atoms. The molecule has 1 aliphatic carbocycles. The Bertz CT molecular complexity index is 627. The van der Waals surface area contributed by atoms with Crippen molar-refractivity contribution in [2.75, 3.05) is 6.61 Å². The van der Waals surface area contributed by atoms with Crippen LogP contribution in [0.2, 0.25) is 0 Å². The Hall–Kier alpha value is -2.03. The summed E-state index contributed by atoms with van der Waals surface area (Å²) in [5.74, 6) is 0.134. The van der Waals surface area contributed by atoms with E-state index in [0.717, 1.165) is 10.8 Å². The monoisotopic (exact) mass is 270 g/mol. The highest BCUT2D eigenvalue weighted by Crippen LogP contribution is 2.30. The van der Waals surface area contributed by atoms with Crippen LogP contribution in [-0.2, 0) is 0 Å². The van der Waals surface area contributed by atoms with Gasteiger partial charge in [0.15, 0.2) is 0 Å². The first-order valence-corrected chi connectivity index (χ1v) is 7.13. The van der Waals surface area contributed by atoms with Crippen LogP contribution < -0.4 is 4.74 Å². The number of hydrogen-bond donors (Lipinski definition) is 1. The lowest BCUT2D eigenvalue weighted by Gasteiger charge is -2.14. The number of carbonyl (C=O) groups is 1. The molecule has 0 spiro atoms. The molecule has 1 aliphatic rings. The van der Waals surface area contributed by atoms with Crippen molar-refractivity contribution in [2.24, 2.45) is 5.92 Å². The lowest BCUT2D eigenvalue weighted by molar-refractivity contribution is 0.0693. The van der Waals surface area contributed by atoms with Gasteiger partial charge in [-0.25, -0.2) is 4.79 Å². The van der Waals surface area contributed by atoms with Crippen LogP contribution in [0.15, 0.2) is 36.4 Å². The SMILES string of the molecule is O=C(O)c1c(OCC2CCCC2)ccc2ccccc12. The van der Waals surface area contributed by atoms with Gasteiger partial charge in [-0.1, -0.05) is 43.2 Å². The molecule has 0 aromatic heterocycles. The maximum absolute atomic E-state index is 11.6. The minimum atomic E-state index is -0.928. The Kier molecular flexibility index (Phi) is 3.59. The van der Waals surface area contributed by atoms with Crippen LogP contribution in [0.1, 0.15) is 36.0 Å². The summed E-state index contributed by atoms with van der Waals surface area (Å²) in [6.07, 6.45) is 4.90. The first kappa shape index (κ1) is 13.0.